The predicted octanol–water partition coefficient (Wildman–Crippen LogP) is 4.84. The molecule has 1 fully saturated rings. The van der Waals surface area contributed by atoms with Gasteiger partial charge in [-0.05, 0) is 71.2 Å². The first-order valence-electron chi connectivity index (χ1n) is 10.0. The number of alkyl halides is 3. The van der Waals surface area contributed by atoms with Gasteiger partial charge in [-0.25, -0.2) is 4.79 Å². The largest absolute Gasteiger partial charge is 0.494 e. The van der Waals surface area contributed by atoms with Gasteiger partial charge in [-0.3, -0.25) is 0 Å². The van der Waals surface area contributed by atoms with Crippen molar-refractivity contribution in [3.05, 3.63) is 29.3 Å². The zero-order valence-corrected chi connectivity index (χ0v) is 17.6. The third-order valence-electron chi connectivity index (χ3n) is 4.70. The number of likely N-dealkylation sites (tertiary alicyclic amines) is 1. The number of hydrogen-bond donors (Lipinski definition) is 1. The second-order valence-electron chi connectivity index (χ2n) is 8.29. The summed E-state index contributed by atoms with van der Waals surface area (Å²) in [4.78, 5) is 13.8. The molecular formula is C21H31F3N2O3. The van der Waals surface area contributed by atoms with Crippen molar-refractivity contribution in [3.63, 3.8) is 0 Å². The molecule has 2 rings (SSSR count). The molecule has 164 valence electrons. The number of halogens is 3. The Morgan fingerprint density at radius 1 is 1.21 bits per heavy atom. The maximum Gasteiger partial charge on any atom is 0.416 e. The molecule has 1 N–H and O–H groups in total. The summed E-state index contributed by atoms with van der Waals surface area (Å²) < 4.78 is 49.9. The predicted molar refractivity (Wildman–Crippen MR) is 105 cm³/mol. The van der Waals surface area contributed by atoms with Crippen molar-refractivity contribution in [3.8, 4) is 5.75 Å². The molecule has 1 aromatic carbocycles. The molecule has 8 heteroatoms. The highest BCUT2D eigenvalue weighted by atomic mass is 19.4. The molecule has 29 heavy (non-hydrogen) atoms. The molecule has 0 bridgehead atoms. The second kappa shape index (κ2) is 9.69. The topological polar surface area (TPSA) is 50.8 Å². The van der Waals surface area contributed by atoms with Crippen LogP contribution in [0.3, 0.4) is 0 Å². The van der Waals surface area contributed by atoms with E-state index in [1.807, 2.05) is 20.8 Å². The molecule has 0 atom stereocenters. The van der Waals surface area contributed by atoms with Crippen LogP contribution in [0, 0.1) is 5.92 Å². The molecule has 1 heterocycles. The van der Waals surface area contributed by atoms with Crippen LogP contribution in [0.25, 0.3) is 0 Å². The molecule has 0 radical (unpaired) electrons. The molecule has 0 aromatic heterocycles. The molecule has 1 aliphatic heterocycles. The summed E-state index contributed by atoms with van der Waals surface area (Å²) in [5, 5.41) is 3.25. The zero-order chi connectivity index (χ0) is 21.7. The van der Waals surface area contributed by atoms with Crippen molar-refractivity contribution in [2.45, 2.75) is 58.9 Å². The van der Waals surface area contributed by atoms with E-state index in [2.05, 4.69) is 5.32 Å². The van der Waals surface area contributed by atoms with Crippen LogP contribution in [0.15, 0.2) is 18.2 Å². The molecule has 0 unspecified atom stereocenters. The van der Waals surface area contributed by atoms with Gasteiger partial charge in [0.05, 0.1) is 12.2 Å². The molecule has 5 nitrogen and oxygen atoms in total. The van der Waals surface area contributed by atoms with Crippen molar-refractivity contribution < 1.29 is 27.4 Å². The molecule has 1 amide bonds. The first-order valence-corrected chi connectivity index (χ1v) is 10.0. The lowest BCUT2D eigenvalue weighted by molar-refractivity contribution is -0.137. The zero-order valence-electron chi connectivity index (χ0n) is 17.6. The third kappa shape index (κ3) is 7.42. The van der Waals surface area contributed by atoms with Gasteiger partial charge in [-0.2, -0.15) is 13.2 Å². The minimum absolute atomic E-state index is 0.297. The number of benzene rings is 1. The standard InChI is InChI=1S/C21H31F3N2O3/c1-5-28-18-7-6-17(21(22,23)24)12-16(18)14-25-13-15-8-10-26(11-9-15)19(27)29-20(2,3)4/h6-7,12,15,25H,5,8-11,13-14H2,1-4H3. The third-order valence-corrected chi connectivity index (χ3v) is 4.70. The van der Waals surface area contributed by atoms with E-state index in [9.17, 15) is 18.0 Å². The molecular weight excluding hydrogens is 385 g/mol. The van der Waals surface area contributed by atoms with E-state index in [4.69, 9.17) is 9.47 Å². The molecule has 1 saturated heterocycles. The van der Waals surface area contributed by atoms with Gasteiger partial charge >= 0.3 is 12.3 Å². The Labute approximate surface area is 170 Å². The number of amides is 1. The Balaban J connectivity index is 1.85. The Kier molecular flexibility index (Phi) is 7.80. The van der Waals surface area contributed by atoms with E-state index >= 15 is 0 Å². The van der Waals surface area contributed by atoms with Crippen molar-refractivity contribution in [2.24, 2.45) is 5.92 Å². The van der Waals surface area contributed by atoms with Crippen LogP contribution >= 0.6 is 0 Å². The Hall–Kier alpha value is -1.96. The number of carbonyl (C=O) groups is 1. The summed E-state index contributed by atoms with van der Waals surface area (Å²) in [5.74, 6) is 0.822. The van der Waals surface area contributed by atoms with E-state index in [1.54, 1.807) is 11.8 Å². The highest BCUT2D eigenvalue weighted by Gasteiger charge is 2.31. The number of carbonyl (C=O) groups excluding carboxylic acids is 1. The average Bonchev–Trinajstić information content (AvgIpc) is 2.61. The summed E-state index contributed by atoms with van der Waals surface area (Å²) in [6.07, 6.45) is -3.02. The van der Waals surface area contributed by atoms with Gasteiger partial charge in [0.15, 0.2) is 0 Å². The number of nitrogens with one attached hydrogen (secondary N) is 1. The first-order chi connectivity index (χ1) is 13.5. The van der Waals surface area contributed by atoms with Gasteiger partial charge in [-0.1, -0.05) is 0 Å². The second-order valence-corrected chi connectivity index (χ2v) is 8.29. The van der Waals surface area contributed by atoms with E-state index in [1.165, 1.54) is 6.07 Å². The van der Waals surface area contributed by atoms with Crippen LogP contribution < -0.4 is 10.1 Å². The normalized spacial score (nSPS) is 16.0. The van der Waals surface area contributed by atoms with Crippen LogP contribution in [-0.2, 0) is 17.5 Å². The lowest BCUT2D eigenvalue weighted by Crippen LogP contribution is -2.43. The van der Waals surface area contributed by atoms with Gasteiger partial charge in [0.1, 0.15) is 11.4 Å². The van der Waals surface area contributed by atoms with E-state index in [0.717, 1.165) is 25.0 Å². The minimum Gasteiger partial charge on any atom is -0.494 e. The molecule has 0 aliphatic carbocycles. The smallest absolute Gasteiger partial charge is 0.416 e. The van der Waals surface area contributed by atoms with Crippen molar-refractivity contribution in [1.29, 1.82) is 0 Å². The van der Waals surface area contributed by atoms with Crippen molar-refractivity contribution >= 4 is 6.09 Å². The van der Waals surface area contributed by atoms with Crippen LogP contribution in [-0.4, -0.2) is 42.8 Å². The summed E-state index contributed by atoms with van der Waals surface area (Å²) >= 11 is 0. The fourth-order valence-electron chi connectivity index (χ4n) is 3.25. The maximum absolute atomic E-state index is 13.0. The molecule has 0 spiro atoms. The monoisotopic (exact) mass is 416 g/mol. The van der Waals surface area contributed by atoms with Gasteiger partial charge in [-0.15, -0.1) is 0 Å². The maximum atomic E-state index is 13.0. The van der Waals surface area contributed by atoms with Gasteiger partial charge in [0.2, 0.25) is 0 Å². The van der Waals surface area contributed by atoms with Crippen LogP contribution in [0.5, 0.6) is 5.75 Å². The molecule has 1 aromatic rings. The first kappa shape index (κ1) is 23.3. The number of nitrogens with zero attached hydrogens (tertiary/aromatic N) is 1. The Morgan fingerprint density at radius 2 is 1.86 bits per heavy atom. The van der Waals surface area contributed by atoms with Crippen LogP contribution in [0.2, 0.25) is 0 Å². The van der Waals surface area contributed by atoms with E-state index in [-0.39, 0.29) is 6.09 Å². The lowest BCUT2D eigenvalue weighted by Gasteiger charge is -2.33. The van der Waals surface area contributed by atoms with Crippen molar-refractivity contribution in [1.82, 2.24) is 10.2 Å². The molecule has 1 aliphatic rings. The summed E-state index contributed by atoms with van der Waals surface area (Å²) in [6.45, 7) is 9.91. The SMILES string of the molecule is CCOc1ccc(C(F)(F)F)cc1CNCC1CCN(C(=O)OC(C)(C)C)CC1. The van der Waals surface area contributed by atoms with Crippen LogP contribution in [0.4, 0.5) is 18.0 Å². The van der Waals surface area contributed by atoms with Crippen molar-refractivity contribution in [2.75, 3.05) is 26.2 Å². The van der Waals surface area contributed by atoms with Gasteiger partial charge in [0.25, 0.3) is 0 Å². The lowest BCUT2D eigenvalue weighted by atomic mass is 9.97. The summed E-state index contributed by atoms with van der Waals surface area (Å²) in [5.41, 5.74) is -0.699. The van der Waals surface area contributed by atoms with E-state index < -0.39 is 17.3 Å². The van der Waals surface area contributed by atoms with Gasteiger partial charge in [0, 0.05) is 25.2 Å². The number of piperidine rings is 1. The average molecular weight is 416 g/mol. The van der Waals surface area contributed by atoms with Gasteiger partial charge < -0.3 is 19.7 Å². The summed E-state index contributed by atoms with van der Waals surface area (Å²) in [6, 6.07) is 3.56. The summed E-state index contributed by atoms with van der Waals surface area (Å²) in [7, 11) is 0. The highest BCUT2D eigenvalue weighted by molar-refractivity contribution is 5.68. The van der Waals surface area contributed by atoms with Crippen LogP contribution in [0.1, 0.15) is 51.7 Å². The fourth-order valence-corrected chi connectivity index (χ4v) is 3.25. The fraction of sp³-hybridized carbons (Fsp3) is 0.667. The van der Waals surface area contributed by atoms with E-state index in [0.29, 0.717) is 50.0 Å². The number of hydrogen-bond acceptors (Lipinski definition) is 4. The number of rotatable bonds is 6. The highest BCUT2D eigenvalue weighted by Crippen LogP contribution is 2.32. The Morgan fingerprint density at radius 3 is 2.41 bits per heavy atom. The Bertz CT molecular complexity index is 679. The molecule has 0 saturated carbocycles. The minimum atomic E-state index is -4.38. The number of ether oxygens (including phenoxy) is 2. The quantitative estimate of drug-likeness (QED) is 0.721.